The second-order valence-electron chi connectivity index (χ2n) is 10.1. The van der Waals surface area contributed by atoms with Crippen molar-refractivity contribution < 1.29 is 9.90 Å². The summed E-state index contributed by atoms with van der Waals surface area (Å²) in [5.74, 6) is 1.67. The number of aromatic hydroxyl groups is 1. The predicted molar refractivity (Wildman–Crippen MR) is 118 cm³/mol. The van der Waals surface area contributed by atoms with Gasteiger partial charge < -0.3 is 10.4 Å². The van der Waals surface area contributed by atoms with E-state index in [1.54, 1.807) is 0 Å². The molecule has 2 aliphatic rings. The molecule has 1 aromatic carbocycles. The number of benzene rings is 1. The molecular formula is C24H34N4O2. The van der Waals surface area contributed by atoms with E-state index in [1.165, 1.54) is 32.1 Å². The molecule has 1 heterocycles. The number of rotatable bonds is 5. The van der Waals surface area contributed by atoms with E-state index in [-0.39, 0.29) is 23.2 Å². The molecule has 6 nitrogen and oxygen atoms in total. The minimum atomic E-state index is -0.203. The average molecular weight is 411 g/mol. The molecule has 2 N–H and O–H groups in total. The van der Waals surface area contributed by atoms with Gasteiger partial charge in [0.15, 0.2) is 5.82 Å². The summed E-state index contributed by atoms with van der Waals surface area (Å²) in [6, 6.07) is 4.23. The molecule has 0 spiro atoms. The summed E-state index contributed by atoms with van der Waals surface area (Å²) >= 11 is 0. The Kier molecular flexibility index (Phi) is 5.60. The Morgan fingerprint density at radius 1 is 1.17 bits per heavy atom. The Balaban J connectivity index is 1.74. The average Bonchev–Trinajstić information content (AvgIpc) is 3.40. The topological polar surface area (TPSA) is 80.0 Å². The molecule has 30 heavy (non-hydrogen) atoms. The van der Waals surface area contributed by atoms with E-state index >= 15 is 0 Å². The number of carbonyl (C=O) groups excluding carboxylic acids is 1. The number of nitrogens with one attached hydrogen (secondary N) is 1. The van der Waals surface area contributed by atoms with Gasteiger partial charge in [0.25, 0.3) is 5.91 Å². The van der Waals surface area contributed by atoms with Gasteiger partial charge in [0.1, 0.15) is 5.75 Å². The Hall–Kier alpha value is -2.37. The van der Waals surface area contributed by atoms with Gasteiger partial charge in [0.05, 0.1) is 0 Å². The number of phenols is 1. The molecule has 6 heteroatoms. The lowest BCUT2D eigenvalue weighted by Gasteiger charge is -2.24. The third kappa shape index (κ3) is 4.52. The molecule has 0 aliphatic heterocycles. The Morgan fingerprint density at radius 3 is 2.50 bits per heavy atom. The maximum absolute atomic E-state index is 12.6. The first-order valence-electron chi connectivity index (χ1n) is 11.3. The standard InChI is InChI=1S/C24H34N4O2/c1-15-12-17(13-19(20(15)29)24(2,3)4)22-26-21(23(30)25-18-10-11-18)27-28(22)14-16-8-6-5-7-9-16/h12-13,16,18,29H,5-11,14H2,1-4H3,(H,25,30). The second-order valence-corrected chi connectivity index (χ2v) is 10.1. The van der Waals surface area contributed by atoms with Crippen LogP contribution in [0.1, 0.15) is 87.5 Å². The van der Waals surface area contributed by atoms with E-state index in [4.69, 9.17) is 0 Å². The SMILES string of the molecule is Cc1cc(-c2nc(C(=O)NC3CC3)nn2CC2CCCCC2)cc(C(C)(C)C)c1O. The number of hydrogen-bond acceptors (Lipinski definition) is 4. The molecule has 2 aromatic rings. The molecule has 0 saturated heterocycles. The van der Waals surface area contributed by atoms with Crippen molar-refractivity contribution in [2.24, 2.45) is 5.92 Å². The van der Waals surface area contributed by atoms with Crippen molar-refractivity contribution in [2.75, 3.05) is 0 Å². The third-order valence-corrected chi connectivity index (χ3v) is 6.31. The lowest BCUT2D eigenvalue weighted by atomic mass is 9.84. The third-order valence-electron chi connectivity index (χ3n) is 6.31. The number of phenolic OH excluding ortho intramolecular Hbond substituents is 1. The Morgan fingerprint density at radius 2 is 1.87 bits per heavy atom. The van der Waals surface area contributed by atoms with E-state index in [0.29, 0.717) is 11.7 Å². The van der Waals surface area contributed by atoms with E-state index in [0.717, 1.165) is 41.9 Å². The fraction of sp³-hybridized carbons (Fsp3) is 0.625. The van der Waals surface area contributed by atoms with Gasteiger partial charge in [-0.1, -0.05) is 40.0 Å². The molecule has 1 amide bonds. The van der Waals surface area contributed by atoms with Gasteiger partial charge >= 0.3 is 0 Å². The Bertz CT molecular complexity index is 931. The maximum atomic E-state index is 12.6. The molecule has 0 radical (unpaired) electrons. The van der Waals surface area contributed by atoms with Crippen LogP contribution in [0.3, 0.4) is 0 Å². The molecule has 0 unspecified atom stereocenters. The summed E-state index contributed by atoms with van der Waals surface area (Å²) in [6.07, 6.45) is 8.30. The van der Waals surface area contributed by atoms with Crippen molar-refractivity contribution in [1.29, 1.82) is 0 Å². The minimum absolute atomic E-state index is 0.187. The fourth-order valence-corrected chi connectivity index (χ4v) is 4.35. The van der Waals surface area contributed by atoms with E-state index in [9.17, 15) is 9.90 Å². The Labute approximate surface area is 179 Å². The molecule has 2 saturated carbocycles. The highest BCUT2D eigenvalue weighted by molar-refractivity contribution is 5.91. The van der Waals surface area contributed by atoms with Crippen molar-refractivity contribution in [3.05, 3.63) is 29.1 Å². The summed E-state index contributed by atoms with van der Waals surface area (Å²) < 4.78 is 1.93. The first-order valence-corrected chi connectivity index (χ1v) is 11.3. The summed E-state index contributed by atoms with van der Waals surface area (Å²) in [5, 5.41) is 18.3. The summed E-state index contributed by atoms with van der Waals surface area (Å²) in [5.41, 5.74) is 2.40. The van der Waals surface area contributed by atoms with Gasteiger partial charge in [-0.2, -0.15) is 0 Å². The minimum Gasteiger partial charge on any atom is -0.507 e. The number of amides is 1. The smallest absolute Gasteiger partial charge is 0.291 e. The highest BCUT2D eigenvalue weighted by Gasteiger charge is 2.28. The highest BCUT2D eigenvalue weighted by atomic mass is 16.3. The molecular weight excluding hydrogens is 376 g/mol. The molecule has 0 bridgehead atoms. The maximum Gasteiger partial charge on any atom is 0.291 e. The van der Waals surface area contributed by atoms with E-state index < -0.39 is 0 Å². The lowest BCUT2D eigenvalue weighted by Crippen LogP contribution is -2.26. The van der Waals surface area contributed by atoms with Gasteiger partial charge in [-0.3, -0.25) is 4.79 Å². The molecule has 0 atom stereocenters. The fourth-order valence-electron chi connectivity index (χ4n) is 4.35. The number of aryl methyl sites for hydroxylation is 1. The van der Waals surface area contributed by atoms with Crippen LogP contribution < -0.4 is 5.32 Å². The van der Waals surface area contributed by atoms with Crippen LogP contribution in [0.4, 0.5) is 0 Å². The first-order chi connectivity index (χ1) is 14.2. The van der Waals surface area contributed by atoms with E-state index in [2.05, 4.69) is 36.2 Å². The molecule has 2 aliphatic carbocycles. The largest absolute Gasteiger partial charge is 0.507 e. The number of nitrogens with zero attached hydrogens (tertiary/aromatic N) is 3. The number of carbonyl (C=O) groups is 1. The second kappa shape index (κ2) is 8.05. The van der Waals surface area contributed by atoms with Crippen LogP contribution in [0, 0.1) is 12.8 Å². The van der Waals surface area contributed by atoms with Crippen molar-refractivity contribution in [2.45, 2.75) is 90.6 Å². The summed E-state index contributed by atoms with van der Waals surface area (Å²) in [7, 11) is 0. The van der Waals surface area contributed by atoms with Crippen LogP contribution >= 0.6 is 0 Å². The molecule has 4 rings (SSSR count). The van der Waals surface area contributed by atoms with Crippen molar-refractivity contribution in [3.8, 4) is 17.1 Å². The normalized spacial score (nSPS) is 17.9. The van der Waals surface area contributed by atoms with Gasteiger partial charge in [-0.15, -0.1) is 5.10 Å². The van der Waals surface area contributed by atoms with Crippen molar-refractivity contribution in [1.82, 2.24) is 20.1 Å². The monoisotopic (exact) mass is 410 g/mol. The summed E-state index contributed by atoms with van der Waals surface area (Å²) in [4.78, 5) is 17.3. The quantitative estimate of drug-likeness (QED) is 0.747. The molecule has 1 aromatic heterocycles. The number of aromatic nitrogens is 3. The van der Waals surface area contributed by atoms with Crippen LogP contribution in [0.2, 0.25) is 0 Å². The predicted octanol–water partition coefficient (Wildman–Crippen LogP) is 4.73. The molecule has 162 valence electrons. The van der Waals surface area contributed by atoms with Crippen LogP contribution in [0.15, 0.2) is 12.1 Å². The van der Waals surface area contributed by atoms with Crippen molar-refractivity contribution in [3.63, 3.8) is 0 Å². The van der Waals surface area contributed by atoms with Crippen molar-refractivity contribution >= 4 is 5.91 Å². The lowest BCUT2D eigenvalue weighted by molar-refractivity contribution is 0.0940. The van der Waals surface area contributed by atoms with Gasteiger partial charge in [0, 0.05) is 23.7 Å². The number of hydrogen-bond donors (Lipinski definition) is 2. The van der Waals surface area contributed by atoms with Crippen LogP contribution in [0.5, 0.6) is 5.75 Å². The van der Waals surface area contributed by atoms with E-state index in [1.807, 2.05) is 23.7 Å². The first kappa shape index (κ1) is 20.9. The van der Waals surface area contributed by atoms with Gasteiger partial charge in [0.2, 0.25) is 5.82 Å². The molecule has 2 fully saturated rings. The zero-order valence-electron chi connectivity index (χ0n) is 18.7. The van der Waals surface area contributed by atoms with Crippen LogP contribution in [-0.2, 0) is 12.0 Å². The zero-order valence-corrected chi connectivity index (χ0v) is 18.7. The van der Waals surface area contributed by atoms with Gasteiger partial charge in [-0.05, 0) is 61.6 Å². The van der Waals surface area contributed by atoms with Crippen LogP contribution in [-0.4, -0.2) is 31.8 Å². The van der Waals surface area contributed by atoms with Crippen LogP contribution in [0.25, 0.3) is 11.4 Å². The summed E-state index contributed by atoms with van der Waals surface area (Å²) in [6.45, 7) is 8.96. The zero-order chi connectivity index (χ0) is 21.5. The van der Waals surface area contributed by atoms with Gasteiger partial charge in [-0.25, -0.2) is 9.67 Å². The highest BCUT2D eigenvalue weighted by Crippen LogP contribution is 2.37.